The molecule has 2 aliphatic rings. The van der Waals surface area contributed by atoms with E-state index >= 15 is 0 Å². The number of hydrogen-bond donors (Lipinski definition) is 3. The van der Waals surface area contributed by atoms with Gasteiger partial charge in [0.15, 0.2) is 0 Å². The van der Waals surface area contributed by atoms with Gasteiger partial charge in [0.1, 0.15) is 17.2 Å². The number of alkyl halides is 3. The number of anilines is 1. The number of halogens is 4. The van der Waals surface area contributed by atoms with Crippen LogP contribution < -0.4 is 16.4 Å². The van der Waals surface area contributed by atoms with Crippen LogP contribution in [0.4, 0.5) is 23.2 Å². The number of nitrogens with two attached hydrogens (primary N) is 1. The standard InChI is InChI=1S/C26H29F4N5O2S/c1-15-11-18(32-22(36)14-31)12-16(2)19(15)5-10-38-35-8-6-25(7-9-35)24(37)33-23(34-25)17-3-4-21(27)20(13-17)26(28,29)30/h3-4,11-13H,5-10,14,31H2,1-2H3,(H,32,36)(H,33,34,37). The van der Waals surface area contributed by atoms with E-state index in [0.29, 0.717) is 32.0 Å². The van der Waals surface area contributed by atoms with E-state index in [-0.39, 0.29) is 29.8 Å². The Morgan fingerprint density at radius 2 is 1.84 bits per heavy atom. The highest BCUT2D eigenvalue weighted by molar-refractivity contribution is 7.97. The molecule has 38 heavy (non-hydrogen) atoms. The van der Waals surface area contributed by atoms with Crippen LogP contribution in [0.2, 0.25) is 0 Å². The number of hydrogen-bond acceptors (Lipinski definition) is 6. The lowest BCUT2D eigenvalue weighted by molar-refractivity contribution is -0.140. The molecule has 0 radical (unpaired) electrons. The van der Waals surface area contributed by atoms with Crippen LogP contribution in [0.1, 0.15) is 40.7 Å². The Kier molecular flexibility index (Phi) is 8.15. The van der Waals surface area contributed by atoms with Crippen molar-refractivity contribution in [3.8, 4) is 0 Å². The molecule has 0 aromatic heterocycles. The van der Waals surface area contributed by atoms with E-state index in [9.17, 15) is 27.2 Å². The Labute approximate surface area is 222 Å². The third-order valence-corrected chi connectivity index (χ3v) is 7.98. The zero-order valence-electron chi connectivity index (χ0n) is 21.0. The predicted molar refractivity (Wildman–Crippen MR) is 139 cm³/mol. The second kappa shape index (κ2) is 11.0. The van der Waals surface area contributed by atoms with Crippen molar-refractivity contribution in [1.82, 2.24) is 9.62 Å². The van der Waals surface area contributed by atoms with Crippen molar-refractivity contribution in [2.75, 3.05) is 30.7 Å². The number of piperidine rings is 1. The Morgan fingerprint density at radius 1 is 1.18 bits per heavy atom. The monoisotopic (exact) mass is 551 g/mol. The van der Waals surface area contributed by atoms with Crippen molar-refractivity contribution in [3.63, 3.8) is 0 Å². The van der Waals surface area contributed by atoms with Crippen molar-refractivity contribution in [3.05, 3.63) is 64.0 Å². The molecule has 2 aliphatic heterocycles. The fraction of sp³-hybridized carbons (Fsp3) is 0.423. The van der Waals surface area contributed by atoms with Crippen LogP contribution in [0, 0.1) is 19.7 Å². The third-order valence-electron chi connectivity index (χ3n) is 6.87. The zero-order chi connectivity index (χ0) is 27.7. The van der Waals surface area contributed by atoms with Gasteiger partial charge in [0, 0.05) is 30.1 Å². The Hall–Kier alpha value is -2.96. The first-order valence-corrected chi connectivity index (χ1v) is 13.1. The van der Waals surface area contributed by atoms with Crippen LogP contribution >= 0.6 is 11.9 Å². The number of benzene rings is 2. The molecule has 1 saturated heterocycles. The molecule has 2 amide bonds. The molecule has 7 nitrogen and oxygen atoms in total. The van der Waals surface area contributed by atoms with E-state index in [1.807, 2.05) is 26.0 Å². The molecule has 2 heterocycles. The highest BCUT2D eigenvalue weighted by atomic mass is 32.2. The number of nitrogens with one attached hydrogen (secondary N) is 2. The molecule has 0 saturated carbocycles. The third kappa shape index (κ3) is 6.02. The molecule has 0 bridgehead atoms. The van der Waals surface area contributed by atoms with Gasteiger partial charge >= 0.3 is 6.18 Å². The highest BCUT2D eigenvalue weighted by Crippen LogP contribution is 2.35. The van der Waals surface area contributed by atoms with Crippen molar-refractivity contribution < 1.29 is 27.2 Å². The van der Waals surface area contributed by atoms with Crippen LogP contribution in [0.3, 0.4) is 0 Å². The normalized spacial score (nSPS) is 17.4. The summed E-state index contributed by atoms with van der Waals surface area (Å²) in [6.07, 6.45) is -3.17. The molecular weight excluding hydrogens is 522 g/mol. The van der Waals surface area contributed by atoms with Crippen LogP contribution in [-0.4, -0.2) is 52.9 Å². The maximum Gasteiger partial charge on any atom is 0.419 e. The minimum atomic E-state index is -4.84. The van der Waals surface area contributed by atoms with Gasteiger partial charge in [-0.05, 0) is 80.1 Å². The topological polar surface area (TPSA) is 99.8 Å². The smallest absolute Gasteiger partial charge is 0.325 e. The number of carbonyl (C=O) groups is 2. The summed E-state index contributed by atoms with van der Waals surface area (Å²) in [5, 5.41) is 5.38. The van der Waals surface area contributed by atoms with Gasteiger partial charge < -0.3 is 16.4 Å². The fourth-order valence-corrected chi connectivity index (χ4v) is 5.81. The van der Waals surface area contributed by atoms with Gasteiger partial charge in [-0.3, -0.25) is 18.9 Å². The number of rotatable bonds is 7. The summed E-state index contributed by atoms with van der Waals surface area (Å²) >= 11 is 1.68. The first-order valence-electron chi connectivity index (χ1n) is 12.2. The van der Waals surface area contributed by atoms with E-state index < -0.39 is 23.1 Å². The van der Waals surface area contributed by atoms with E-state index in [1.54, 1.807) is 11.9 Å². The molecule has 0 atom stereocenters. The molecule has 2 aromatic carbocycles. The largest absolute Gasteiger partial charge is 0.419 e. The van der Waals surface area contributed by atoms with Gasteiger partial charge in [-0.25, -0.2) is 4.39 Å². The van der Waals surface area contributed by atoms with Crippen molar-refractivity contribution in [1.29, 1.82) is 0 Å². The van der Waals surface area contributed by atoms with E-state index in [4.69, 9.17) is 5.73 Å². The summed E-state index contributed by atoms with van der Waals surface area (Å²) in [5.41, 5.74) is 7.06. The Bertz CT molecular complexity index is 1250. The maximum atomic E-state index is 13.7. The summed E-state index contributed by atoms with van der Waals surface area (Å²) in [7, 11) is 0. The Balaban J connectivity index is 1.35. The van der Waals surface area contributed by atoms with E-state index in [2.05, 4.69) is 19.9 Å². The lowest BCUT2D eigenvalue weighted by Gasteiger charge is -2.34. The van der Waals surface area contributed by atoms with E-state index in [1.165, 1.54) is 11.6 Å². The first-order chi connectivity index (χ1) is 17.9. The lowest BCUT2D eigenvalue weighted by Crippen LogP contribution is -2.47. The fourth-order valence-electron chi connectivity index (χ4n) is 4.82. The zero-order valence-corrected chi connectivity index (χ0v) is 21.9. The highest BCUT2D eigenvalue weighted by Gasteiger charge is 2.46. The SMILES string of the molecule is Cc1cc(NC(=O)CN)cc(C)c1CCSN1CCC2(CC1)N=C(c1ccc(F)c(C(F)(F)F)c1)NC2=O. The molecule has 12 heteroatoms. The van der Waals surface area contributed by atoms with Crippen molar-refractivity contribution in [2.45, 2.75) is 44.8 Å². The average Bonchev–Trinajstić information content (AvgIpc) is 3.17. The second-order valence-electron chi connectivity index (χ2n) is 9.49. The molecular formula is C26H29F4N5O2S. The molecule has 0 aliphatic carbocycles. The minimum absolute atomic E-state index is 0.0279. The lowest BCUT2D eigenvalue weighted by atomic mass is 9.89. The summed E-state index contributed by atoms with van der Waals surface area (Å²) in [6.45, 7) is 5.11. The number of amidine groups is 1. The maximum absolute atomic E-state index is 13.7. The minimum Gasteiger partial charge on any atom is -0.325 e. The quantitative estimate of drug-likeness (QED) is 0.358. The number of carbonyl (C=O) groups excluding carboxylic acids is 2. The predicted octanol–water partition coefficient (Wildman–Crippen LogP) is 3.96. The molecule has 2 aromatic rings. The van der Waals surface area contributed by atoms with Gasteiger partial charge in [0.05, 0.1) is 12.1 Å². The summed E-state index contributed by atoms with van der Waals surface area (Å²) in [4.78, 5) is 28.9. The number of aryl methyl sites for hydroxylation is 2. The Morgan fingerprint density at radius 3 is 2.45 bits per heavy atom. The first kappa shape index (κ1) is 28.1. The summed E-state index contributed by atoms with van der Waals surface area (Å²) in [5.74, 6) is -1.10. The van der Waals surface area contributed by atoms with Crippen LogP contribution in [-0.2, 0) is 22.2 Å². The van der Waals surface area contributed by atoms with Crippen LogP contribution in [0.5, 0.6) is 0 Å². The van der Waals surface area contributed by atoms with E-state index in [0.717, 1.165) is 35.1 Å². The molecule has 0 unspecified atom stereocenters. The summed E-state index contributed by atoms with van der Waals surface area (Å²) in [6, 6.07) is 6.47. The van der Waals surface area contributed by atoms with Gasteiger partial charge in [-0.1, -0.05) is 11.9 Å². The van der Waals surface area contributed by atoms with Crippen LogP contribution in [0.15, 0.2) is 35.3 Å². The van der Waals surface area contributed by atoms with Crippen LogP contribution in [0.25, 0.3) is 0 Å². The molecule has 1 fully saturated rings. The average molecular weight is 552 g/mol. The molecule has 1 spiro atoms. The number of nitrogens with zero attached hydrogens (tertiary/aromatic N) is 2. The van der Waals surface area contributed by atoms with Crippen molar-refractivity contribution in [2.24, 2.45) is 10.7 Å². The van der Waals surface area contributed by atoms with Gasteiger partial charge in [0.2, 0.25) is 5.91 Å². The molecule has 4 N–H and O–H groups in total. The second-order valence-corrected chi connectivity index (χ2v) is 10.7. The van der Waals surface area contributed by atoms with Crippen molar-refractivity contribution >= 4 is 35.3 Å². The van der Waals surface area contributed by atoms with Gasteiger partial charge in [0.25, 0.3) is 5.91 Å². The number of amides is 2. The van der Waals surface area contributed by atoms with Gasteiger partial charge in [-0.2, -0.15) is 13.2 Å². The summed E-state index contributed by atoms with van der Waals surface area (Å²) < 4.78 is 55.2. The van der Waals surface area contributed by atoms with Gasteiger partial charge in [-0.15, -0.1) is 0 Å². The number of aliphatic imine (C=N–C) groups is 1. The molecule has 4 rings (SSSR count). The molecule has 204 valence electrons.